The van der Waals surface area contributed by atoms with Crippen molar-refractivity contribution >= 4 is 39.0 Å². The number of hydrogen-bond donors (Lipinski definition) is 1. The summed E-state index contributed by atoms with van der Waals surface area (Å²) in [6.45, 7) is 0. The third-order valence-corrected chi connectivity index (χ3v) is 5.93. The van der Waals surface area contributed by atoms with Gasteiger partial charge in [0.1, 0.15) is 6.10 Å². The van der Waals surface area contributed by atoms with Crippen LogP contribution >= 0.6 is 39.0 Å². The molecule has 0 bridgehead atoms. The fourth-order valence-corrected chi connectivity index (χ4v) is 4.77. The molecular weight excluding hydrogens is 328 g/mol. The Morgan fingerprint density at radius 3 is 2.72 bits per heavy atom. The fourth-order valence-electron chi connectivity index (χ4n) is 2.11. The molecule has 0 radical (unpaired) electrons. The van der Waals surface area contributed by atoms with Crippen LogP contribution in [0.5, 0.6) is 0 Å². The van der Waals surface area contributed by atoms with Gasteiger partial charge in [0.15, 0.2) is 0 Å². The van der Waals surface area contributed by atoms with Crippen molar-refractivity contribution in [2.75, 3.05) is 5.75 Å². The summed E-state index contributed by atoms with van der Waals surface area (Å²) in [5.41, 5.74) is 2.38. The van der Waals surface area contributed by atoms with E-state index in [2.05, 4.69) is 22.0 Å². The minimum absolute atomic E-state index is 0.487. The second kappa shape index (κ2) is 5.37. The highest BCUT2D eigenvalue weighted by molar-refractivity contribution is 9.10. The molecule has 1 aliphatic heterocycles. The van der Waals surface area contributed by atoms with E-state index in [4.69, 9.17) is 0 Å². The molecule has 1 aromatic heterocycles. The third kappa shape index (κ3) is 2.52. The minimum Gasteiger partial charge on any atom is -0.383 e. The highest BCUT2D eigenvalue weighted by Crippen LogP contribution is 2.36. The summed E-state index contributed by atoms with van der Waals surface area (Å²) in [6.07, 6.45) is 0.663. The van der Waals surface area contributed by atoms with E-state index in [1.807, 2.05) is 36.0 Å². The van der Waals surface area contributed by atoms with E-state index in [1.165, 1.54) is 16.2 Å². The van der Waals surface area contributed by atoms with Crippen molar-refractivity contribution in [1.29, 1.82) is 0 Å². The molecule has 2 aromatic rings. The van der Waals surface area contributed by atoms with E-state index in [0.29, 0.717) is 0 Å². The van der Waals surface area contributed by atoms with Gasteiger partial charge < -0.3 is 5.11 Å². The van der Waals surface area contributed by atoms with Crippen molar-refractivity contribution in [2.24, 2.45) is 0 Å². The molecule has 1 N–H and O–H groups in total. The lowest BCUT2D eigenvalue weighted by Gasteiger charge is -2.08. The second-order valence-electron chi connectivity index (χ2n) is 4.35. The van der Waals surface area contributed by atoms with Crippen LogP contribution in [0.25, 0.3) is 0 Å². The molecule has 0 fully saturated rings. The molecule has 1 atom stereocenters. The summed E-state index contributed by atoms with van der Waals surface area (Å²) in [6, 6.07) is 10.1. The highest BCUT2D eigenvalue weighted by Gasteiger charge is 2.18. The first-order valence-corrected chi connectivity index (χ1v) is 8.63. The summed E-state index contributed by atoms with van der Waals surface area (Å²) in [5.74, 6) is 2.31. The SMILES string of the molecule is OC(c1ccc(Br)cc1)c1cc2c(s1)CCSC2. The second-order valence-corrected chi connectivity index (χ2v) is 7.54. The van der Waals surface area contributed by atoms with Gasteiger partial charge in [-0.3, -0.25) is 0 Å². The molecule has 1 aromatic carbocycles. The molecule has 18 heavy (non-hydrogen) atoms. The van der Waals surface area contributed by atoms with E-state index in [1.54, 1.807) is 11.3 Å². The molecule has 4 heteroatoms. The summed E-state index contributed by atoms with van der Waals surface area (Å²) >= 11 is 7.16. The van der Waals surface area contributed by atoms with Crippen molar-refractivity contribution in [3.05, 3.63) is 55.7 Å². The van der Waals surface area contributed by atoms with Crippen LogP contribution in [-0.2, 0) is 12.2 Å². The average molecular weight is 341 g/mol. The largest absolute Gasteiger partial charge is 0.383 e. The third-order valence-electron chi connectivity index (χ3n) is 3.10. The van der Waals surface area contributed by atoms with Crippen LogP contribution in [0.1, 0.15) is 27.0 Å². The number of benzene rings is 1. The Bertz CT molecular complexity index is 524. The lowest BCUT2D eigenvalue weighted by atomic mass is 10.1. The van der Waals surface area contributed by atoms with Crippen molar-refractivity contribution in [3.8, 4) is 0 Å². The Morgan fingerprint density at radius 2 is 2.00 bits per heavy atom. The molecule has 0 spiro atoms. The predicted octanol–water partition coefficient (Wildman–Crippen LogP) is 4.38. The molecule has 94 valence electrons. The van der Waals surface area contributed by atoms with E-state index >= 15 is 0 Å². The topological polar surface area (TPSA) is 20.2 Å². The van der Waals surface area contributed by atoms with Crippen molar-refractivity contribution < 1.29 is 5.11 Å². The molecule has 2 heterocycles. The maximum Gasteiger partial charge on any atom is 0.113 e. The Labute approximate surface area is 123 Å². The molecule has 1 nitrogen and oxygen atoms in total. The molecular formula is C14H13BrOS2. The zero-order chi connectivity index (χ0) is 12.5. The van der Waals surface area contributed by atoms with E-state index in [0.717, 1.165) is 27.1 Å². The number of halogens is 1. The quantitative estimate of drug-likeness (QED) is 0.875. The number of rotatable bonds is 2. The van der Waals surface area contributed by atoms with Crippen LogP contribution in [0.15, 0.2) is 34.8 Å². The number of thioether (sulfide) groups is 1. The van der Waals surface area contributed by atoms with Crippen LogP contribution in [0, 0.1) is 0 Å². The van der Waals surface area contributed by atoms with Gasteiger partial charge in [-0.15, -0.1) is 11.3 Å². The molecule has 1 aliphatic rings. The standard InChI is InChI=1S/C14H13BrOS2/c15-11-3-1-9(2-4-11)14(16)13-7-10-8-17-6-5-12(10)18-13/h1-4,7,14,16H,5-6,8H2. The summed E-state index contributed by atoms with van der Waals surface area (Å²) in [5, 5.41) is 10.4. The first-order valence-electron chi connectivity index (χ1n) is 5.87. The van der Waals surface area contributed by atoms with Crippen molar-refractivity contribution in [1.82, 2.24) is 0 Å². The number of aliphatic hydroxyl groups excluding tert-OH is 1. The monoisotopic (exact) mass is 340 g/mol. The Kier molecular flexibility index (Phi) is 3.80. The Balaban J connectivity index is 1.89. The molecule has 0 saturated carbocycles. The van der Waals surface area contributed by atoms with Gasteiger partial charge in [0.05, 0.1) is 0 Å². The van der Waals surface area contributed by atoms with Gasteiger partial charge in [-0.2, -0.15) is 11.8 Å². The zero-order valence-electron chi connectivity index (χ0n) is 9.73. The maximum absolute atomic E-state index is 10.4. The number of hydrogen-bond acceptors (Lipinski definition) is 3. The number of fused-ring (bicyclic) bond motifs is 1. The van der Waals surface area contributed by atoms with Gasteiger partial charge in [-0.1, -0.05) is 28.1 Å². The normalized spacial score (nSPS) is 16.3. The average Bonchev–Trinajstić information content (AvgIpc) is 2.82. The lowest BCUT2D eigenvalue weighted by molar-refractivity contribution is 0.224. The van der Waals surface area contributed by atoms with E-state index in [9.17, 15) is 5.11 Å². The molecule has 0 amide bonds. The van der Waals surface area contributed by atoms with Gasteiger partial charge in [0.25, 0.3) is 0 Å². The van der Waals surface area contributed by atoms with E-state index < -0.39 is 6.10 Å². The Hall–Kier alpha value is -0.290. The summed E-state index contributed by atoms with van der Waals surface area (Å²) in [7, 11) is 0. The van der Waals surface area contributed by atoms with Gasteiger partial charge in [0.2, 0.25) is 0 Å². The number of thiophene rings is 1. The predicted molar refractivity (Wildman–Crippen MR) is 82.4 cm³/mol. The maximum atomic E-state index is 10.4. The van der Waals surface area contributed by atoms with Crippen LogP contribution in [0.3, 0.4) is 0 Å². The van der Waals surface area contributed by atoms with Crippen LogP contribution < -0.4 is 0 Å². The smallest absolute Gasteiger partial charge is 0.113 e. The number of aryl methyl sites for hydroxylation is 1. The zero-order valence-corrected chi connectivity index (χ0v) is 12.9. The van der Waals surface area contributed by atoms with Crippen LogP contribution in [0.4, 0.5) is 0 Å². The molecule has 0 aliphatic carbocycles. The lowest BCUT2D eigenvalue weighted by Crippen LogP contribution is -1.96. The highest BCUT2D eigenvalue weighted by atomic mass is 79.9. The van der Waals surface area contributed by atoms with Gasteiger partial charge >= 0.3 is 0 Å². The van der Waals surface area contributed by atoms with Gasteiger partial charge in [-0.25, -0.2) is 0 Å². The molecule has 3 rings (SSSR count). The van der Waals surface area contributed by atoms with Gasteiger partial charge in [-0.05, 0) is 41.5 Å². The van der Waals surface area contributed by atoms with Crippen LogP contribution in [0.2, 0.25) is 0 Å². The van der Waals surface area contributed by atoms with Crippen molar-refractivity contribution in [3.63, 3.8) is 0 Å². The molecule has 0 saturated heterocycles. The summed E-state index contributed by atoms with van der Waals surface area (Å²) in [4.78, 5) is 2.53. The fraction of sp³-hybridized carbons (Fsp3) is 0.286. The number of aliphatic hydroxyl groups is 1. The van der Waals surface area contributed by atoms with Crippen LogP contribution in [-0.4, -0.2) is 10.9 Å². The first kappa shape index (κ1) is 12.7. The first-order chi connectivity index (χ1) is 8.74. The van der Waals surface area contributed by atoms with E-state index in [-0.39, 0.29) is 0 Å². The summed E-state index contributed by atoms with van der Waals surface area (Å²) < 4.78 is 1.04. The minimum atomic E-state index is -0.487. The molecule has 1 unspecified atom stereocenters. The van der Waals surface area contributed by atoms with Crippen molar-refractivity contribution in [2.45, 2.75) is 18.3 Å². The Morgan fingerprint density at radius 1 is 1.22 bits per heavy atom. The van der Waals surface area contributed by atoms with Gasteiger partial charge in [0, 0.05) is 20.0 Å².